The Morgan fingerprint density at radius 2 is 1.93 bits per heavy atom. The first kappa shape index (κ1) is 21.7. The molecule has 1 saturated carbocycles. The maximum atomic E-state index is 11.0. The van der Waals surface area contributed by atoms with Crippen LogP contribution in [0.1, 0.15) is 39.4 Å². The Kier molecular flexibility index (Phi) is 7.46. The Hall–Kier alpha value is -1.04. The third-order valence-corrected chi connectivity index (χ3v) is 7.17. The Morgan fingerprint density at radius 3 is 2.57 bits per heavy atom. The van der Waals surface area contributed by atoms with Gasteiger partial charge in [0, 0.05) is 26.2 Å². The van der Waals surface area contributed by atoms with E-state index in [1.54, 1.807) is 12.1 Å². The topological polar surface area (TPSA) is 57.5 Å². The molecule has 7 heteroatoms. The fourth-order valence-corrected chi connectivity index (χ4v) is 5.67. The summed E-state index contributed by atoms with van der Waals surface area (Å²) in [6, 6.07) is 8.86. The molecule has 150 valence electrons. The summed E-state index contributed by atoms with van der Waals surface area (Å²) in [6.45, 7) is 0. The van der Waals surface area contributed by atoms with Crippen LogP contribution in [0.3, 0.4) is 0 Å². The van der Waals surface area contributed by atoms with E-state index < -0.39 is 12.1 Å². The maximum absolute atomic E-state index is 11.0. The van der Waals surface area contributed by atoms with E-state index in [0.29, 0.717) is 21.3 Å². The predicted octanol–water partition coefficient (Wildman–Crippen LogP) is 6.39. The van der Waals surface area contributed by atoms with Crippen molar-refractivity contribution in [1.29, 1.82) is 0 Å². The SMILES string of the molecule is O=C(O)c1ccc(CCC[C@@H]2[C@@H](/C=C/c3cc(Cl)cc(Cl)c3)[C@H](O)C[C@H]2Cl)s1. The van der Waals surface area contributed by atoms with Gasteiger partial charge >= 0.3 is 5.97 Å². The van der Waals surface area contributed by atoms with E-state index in [1.165, 1.54) is 11.3 Å². The lowest BCUT2D eigenvalue weighted by Crippen LogP contribution is -2.18. The highest BCUT2D eigenvalue weighted by Crippen LogP contribution is 2.40. The number of hydrogen-bond acceptors (Lipinski definition) is 3. The summed E-state index contributed by atoms with van der Waals surface area (Å²) in [5.74, 6) is -0.748. The van der Waals surface area contributed by atoms with Gasteiger partial charge in [0.25, 0.3) is 0 Å². The lowest BCUT2D eigenvalue weighted by Gasteiger charge is -2.20. The highest BCUT2D eigenvalue weighted by molar-refractivity contribution is 7.13. The zero-order valence-corrected chi connectivity index (χ0v) is 18.1. The molecule has 2 N–H and O–H groups in total. The number of aliphatic hydroxyl groups excluding tert-OH is 1. The summed E-state index contributed by atoms with van der Waals surface area (Å²) in [5, 5.41) is 20.5. The smallest absolute Gasteiger partial charge is 0.345 e. The van der Waals surface area contributed by atoms with E-state index in [-0.39, 0.29) is 17.2 Å². The quantitative estimate of drug-likeness (QED) is 0.471. The summed E-state index contributed by atoms with van der Waals surface area (Å²) >= 11 is 19.9. The van der Waals surface area contributed by atoms with Crippen molar-refractivity contribution in [3.05, 3.63) is 61.8 Å². The van der Waals surface area contributed by atoms with Crippen molar-refractivity contribution in [2.45, 2.75) is 37.2 Å². The number of hydrogen-bond donors (Lipinski definition) is 2. The molecule has 4 atom stereocenters. The minimum absolute atomic E-state index is 0.0295. The molecule has 0 radical (unpaired) electrons. The monoisotopic (exact) mass is 458 g/mol. The van der Waals surface area contributed by atoms with Gasteiger partial charge < -0.3 is 10.2 Å². The van der Waals surface area contributed by atoms with Crippen LogP contribution in [0.4, 0.5) is 0 Å². The number of carboxylic acid groups (broad SMARTS) is 1. The second kappa shape index (κ2) is 9.64. The molecule has 0 saturated heterocycles. The number of thiophene rings is 1. The highest BCUT2D eigenvalue weighted by Gasteiger charge is 2.39. The van der Waals surface area contributed by atoms with Gasteiger partial charge in [-0.1, -0.05) is 35.4 Å². The number of halogens is 3. The number of aliphatic hydroxyl groups is 1. The second-order valence-electron chi connectivity index (χ2n) is 7.09. The zero-order valence-electron chi connectivity index (χ0n) is 15.0. The first-order valence-electron chi connectivity index (χ1n) is 9.12. The van der Waals surface area contributed by atoms with Gasteiger partial charge in [-0.25, -0.2) is 4.79 Å². The second-order valence-corrected chi connectivity index (χ2v) is 9.69. The minimum atomic E-state index is -0.887. The van der Waals surface area contributed by atoms with E-state index in [1.807, 2.05) is 30.4 Å². The average Bonchev–Trinajstić information content (AvgIpc) is 3.18. The van der Waals surface area contributed by atoms with Gasteiger partial charge in [-0.3, -0.25) is 0 Å². The van der Waals surface area contributed by atoms with Crippen LogP contribution in [0, 0.1) is 11.8 Å². The minimum Gasteiger partial charge on any atom is -0.477 e. The van der Waals surface area contributed by atoms with Gasteiger partial charge in [0.1, 0.15) is 4.88 Å². The van der Waals surface area contributed by atoms with Gasteiger partial charge in [-0.05, 0) is 67.5 Å². The first-order valence-corrected chi connectivity index (χ1v) is 11.1. The first-order chi connectivity index (χ1) is 13.3. The fraction of sp³-hybridized carbons (Fsp3) is 0.381. The van der Waals surface area contributed by atoms with Gasteiger partial charge in [0.2, 0.25) is 0 Å². The van der Waals surface area contributed by atoms with Gasteiger partial charge in [0.05, 0.1) is 6.10 Å². The van der Waals surface area contributed by atoms with Gasteiger partial charge in [-0.2, -0.15) is 0 Å². The summed E-state index contributed by atoms with van der Waals surface area (Å²) in [4.78, 5) is 12.4. The van der Waals surface area contributed by atoms with E-state index in [0.717, 1.165) is 29.7 Å². The Bertz CT molecular complexity index is 844. The summed E-state index contributed by atoms with van der Waals surface area (Å²) in [6.07, 6.45) is 6.62. The number of alkyl halides is 1. The normalized spacial score (nSPS) is 24.9. The lowest BCUT2D eigenvalue weighted by atomic mass is 9.89. The molecule has 28 heavy (non-hydrogen) atoms. The molecule has 3 nitrogen and oxygen atoms in total. The molecule has 0 unspecified atom stereocenters. The summed E-state index contributed by atoms with van der Waals surface area (Å²) < 4.78 is 0. The third kappa shape index (κ3) is 5.52. The number of carboxylic acids is 1. The molecule has 1 heterocycles. The zero-order chi connectivity index (χ0) is 20.3. The van der Waals surface area contributed by atoms with Gasteiger partial charge in [0.15, 0.2) is 0 Å². The molecule has 1 aromatic carbocycles. The van der Waals surface area contributed by atoms with Crippen molar-refractivity contribution in [2.75, 3.05) is 0 Å². The molecule has 1 aliphatic carbocycles. The predicted molar refractivity (Wildman–Crippen MR) is 117 cm³/mol. The van der Waals surface area contributed by atoms with Crippen LogP contribution in [0.15, 0.2) is 36.4 Å². The Morgan fingerprint density at radius 1 is 1.21 bits per heavy atom. The molecule has 2 aromatic rings. The Labute approximate surface area is 183 Å². The van der Waals surface area contributed by atoms with E-state index in [4.69, 9.17) is 39.9 Å². The van der Waals surface area contributed by atoms with Crippen molar-refractivity contribution in [3.8, 4) is 0 Å². The number of aromatic carboxylic acids is 1. The number of carbonyl (C=O) groups is 1. The van der Waals surface area contributed by atoms with Gasteiger partial charge in [-0.15, -0.1) is 22.9 Å². The fourth-order valence-electron chi connectivity index (χ4n) is 3.77. The lowest BCUT2D eigenvalue weighted by molar-refractivity contribution is 0.0702. The van der Waals surface area contributed by atoms with Crippen LogP contribution in [-0.4, -0.2) is 27.7 Å². The molecule has 1 aromatic heterocycles. The molecule has 1 aliphatic rings. The molecule has 0 amide bonds. The van der Waals surface area contributed by atoms with Crippen LogP contribution in [0.2, 0.25) is 10.0 Å². The molecule has 1 fully saturated rings. The van der Waals surface area contributed by atoms with E-state index in [2.05, 4.69) is 0 Å². The number of benzene rings is 1. The molecule has 0 bridgehead atoms. The Balaban J connectivity index is 1.62. The van der Waals surface area contributed by atoms with Crippen molar-refractivity contribution in [2.24, 2.45) is 11.8 Å². The van der Waals surface area contributed by atoms with Crippen LogP contribution >= 0.6 is 46.1 Å². The number of rotatable bonds is 7. The number of aryl methyl sites for hydroxylation is 1. The van der Waals surface area contributed by atoms with Crippen LogP contribution in [0.5, 0.6) is 0 Å². The molecule has 0 spiro atoms. The maximum Gasteiger partial charge on any atom is 0.345 e. The third-order valence-electron chi connectivity index (χ3n) is 5.10. The molecular formula is C21H21Cl3O3S. The van der Waals surface area contributed by atoms with Crippen molar-refractivity contribution in [1.82, 2.24) is 0 Å². The van der Waals surface area contributed by atoms with Crippen molar-refractivity contribution >= 4 is 58.2 Å². The van der Waals surface area contributed by atoms with Crippen LogP contribution in [-0.2, 0) is 6.42 Å². The van der Waals surface area contributed by atoms with Crippen molar-refractivity contribution in [3.63, 3.8) is 0 Å². The van der Waals surface area contributed by atoms with E-state index >= 15 is 0 Å². The van der Waals surface area contributed by atoms with E-state index in [9.17, 15) is 9.90 Å². The average molecular weight is 460 g/mol. The highest BCUT2D eigenvalue weighted by atomic mass is 35.5. The van der Waals surface area contributed by atoms with Crippen LogP contribution < -0.4 is 0 Å². The summed E-state index contributed by atoms with van der Waals surface area (Å²) in [5.41, 5.74) is 0.890. The van der Waals surface area contributed by atoms with Crippen LogP contribution in [0.25, 0.3) is 6.08 Å². The molecular weight excluding hydrogens is 439 g/mol. The molecule has 0 aliphatic heterocycles. The standard InChI is InChI=1S/C21H21Cl3O3S/c22-13-8-12(9-14(23)10-13)4-6-17-16(18(24)11-19(17)25)3-1-2-15-5-7-20(28-15)21(26)27/h4-10,16-19,25H,1-3,11H2,(H,26,27)/b6-4+/t16-,17-,18-,19-/m1/s1. The molecule has 3 rings (SSSR count). The largest absolute Gasteiger partial charge is 0.477 e. The van der Waals surface area contributed by atoms with Crippen molar-refractivity contribution < 1.29 is 15.0 Å². The summed E-state index contributed by atoms with van der Waals surface area (Å²) in [7, 11) is 0.